The third-order valence-electron chi connectivity index (χ3n) is 2.71. The molecule has 0 radical (unpaired) electrons. The summed E-state index contributed by atoms with van der Waals surface area (Å²) in [7, 11) is 0. The van der Waals surface area contributed by atoms with Crippen LogP contribution < -0.4 is 17.0 Å². The van der Waals surface area contributed by atoms with Gasteiger partial charge >= 0.3 is 0 Å². The molecule has 0 aliphatic carbocycles. The Bertz CT molecular complexity index is 537. The molecule has 0 aromatic carbocycles. The topological polar surface area (TPSA) is 89.8 Å². The smallest absolute Gasteiger partial charge is 0.128 e. The maximum absolute atomic E-state index is 5.90. The summed E-state index contributed by atoms with van der Waals surface area (Å²) in [4.78, 5) is 8.60. The average molecular weight is 263 g/mol. The molecule has 0 aliphatic heterocycles. The van der Waals surface area contributed by atoms with Gasteiger partial charge in [-0.2, -0.15) is 0 Å². The van der Waals surface area contributed by atoms with Gasteiger partial charge < -0.3 is 5.73 Å². The molecule has 0 spiro atoms. The van der Waals surface area contributed by atoms with Crippen molar-refractivity contribution in [3.63, 3.8) is 0 Å². The van der Waals surface area contributed by atoms with Crippen LogP contribution in [0, 0.1) is 13.8 Å². The number of nitrogen functional groups attached to an aromatic ring is 1. The van der Waals surface area contributed by atoms with Crippen molar-refractivity contribution in [2.24, 2.45) is 5.84 Å². The van der Waals surface area contributed by atoms with Gasteiger partial charge in [0.2, 0.25) is 0 Å². The van der Waals surface area contributed by atoms with Crippen LogP contribution in [0.2, 0.25) is 0 Å². The Labute approximate surface area is 110 Å². The number of pyridine rings is 1. The lowest BCUT2D eigenvalue weighted by Crippen LogP contribution is -2.30. The zero-order valence-electron chi connectivity index (χ0n) is 10.5. The van der Waals surface area contributed by atoms with Gasteiger partial charge in [0, 0.05) is 29.3 Å². The molecular formula is C12H17N5S. The second-order valence-corrected chi connectivity index (χ2v) is 5.24. The second-order valence-electron chi connectivity index (χ2n) is 4.29. The van der Waals surface area contributed by atoms with E-state index >= 15 is 0 Å². The van der Waals surface area contributed by atoms with Gasteiger partial charge in [-0.1, -0.05) is 0 Å². The maximum Gasteiger partial charge on any atom is 0.128 e. The molecule has 2 aromatic rings. The molecule has 18 heavy (non-hydrogen) atoms. The minimum Gasteiger partial charge on any atom is -0.383 e. The summed E-state index contributed by atoms with van der Waals surface area (Å²) in [5.41, 5.74) is 11.7. The van der Waals surface area contributed by atoms with E-state index in [1.165, 1.54) is 0 Å². The van der Waals surface area contributed by atoms with E-state index in [4.69, 9.17) is 11.6 Å². The fraction of sp³-hybridized carbons (Fsp3) is 0.333. The molecule has 2 rings (SSSR count). The monoisotopic (exact) mass is 263 g/mol. The fourth-order valence-electron chi connectivity index (χ4n) is 1.81. The van der Waals surface area contributed by atoms with Crippen LogP contribution >= 0.6 is 11.3 Å². The van der Waals surface area contributed by atoms with E-state index in [1.807, 2.05) is 25.3 Å². The molecule has 0 fully saturated rings. The van der Waals surface area contributed by atoms with Crippen LogP contribution in [0.25, 0.3) is 0 Å². The van der Waals surface area contributed by atoms with E-state index in [0.717, 1.165) is 21.8 Å². The molecule has 6 heteroatoms. The molecule has 5 N–H and O–H groups in total. The largest absolute Gasteiger partial charge is 0.383 e. The van der Waals surface area contributed by atoms with E-state index in [2.05, 4.69) is 15.4 Å². The van der Waals surface area contributed by atoms with Gasteiger partial charge in [0.05, 0.1) is 11.0 Å². The Morgan fingerprint density at radius 3 is 2.83 bits per heavy atom. The average Bonchev–Trinajstić information content (AvgIpc) is 2.75. The molecule has 0 bridgehead atoms. The van der Waals surface area contributed by atoms with Gasteiger partial charge in [0.25, 0.3) is 0 Å². The Balaban J connectivity index is 2.25. The number of nitrogens with one attached hydrogen (secondary N) is 1. The van der Waals surface area contributed by atoms with Crippen molar-refractivity contribution in [1.82, 2.24) is 15.4 Å². The molecule has 0 aliphatic rings. The van der Waals surface area contributed by atoms with Gasteiger partial charge in [-0.05, 0) is 25.5 Å². The van der Waals surface area contributed by atoms with Gasteiger partial charge in [0.1, 0.15) is 5.82 Å². The van der Waals surface area contributed by atoms with Crippen molar-refractivity contribution >= 4 is 17.2 Å². The van der Waals surface area contributed by atoms with E-state index < -0.39 is 0 Å². The highest BCUT2D eigenvalue weighted by atomic mass is 32.1. The summed E-state index contributed by atoms with van der Waals surface area (Å²) < 4.78 is 0. The van der Waals surface area contributed by atoms with E-state index in [-0.39, 0.29) is 6.04 Å². The summed E-state index contributed by atoms with van der Waals surface area (Å²) in [6, 6.07) is 1.94. The molecule has 0 amide bonds. The Hall–Kier alpha value is -1.50. The van der Waals surface area contributed by atoms with Crippen LogP contribution in [0.15, 0.2) is 17.6 Å². The standard InChI is InChI=1S/C12H17N5S/c1-7-3-9(12(13)15-5-7)10(17-14)4-11-16-8(2)6-18-11/h3,5-6,10,17H,4,14H2,1-2H3,(H2,13,15). The Morgan fingerprint density at radius 1 is 1.44 bits per heavy atom. The van der Waals surface area contributed by atoms with E-state index in [0.29, 0.717) is 12.2 Å². The Morgan fingerprint density at radius 2 is 2.22 bits per heavy atom. The summed E-state index contributed by atoms with van der Waals surface area (Å²) in [5.74, 6) is 6.13. The molecule has 2 heterocycles. The highest BCUT2D eigenvalue weighted by molar-refractivity contribution is 7.09. The molecule has 1 atom stereocenters. The molecular weight excluding hydrogens is 246 g/mol. The quantitative estimate of drug-likeness (QED) is 0.574. The second kappa shape index (κ2) is 5.43. The van der Waals surface area contributed by atoms with Gasteiger partial charge in [-0.25, -0.2) is 9.97 Å². The van der Waals surface area contributed by atoms with Crippen molar-refractivity contribution in [1.29, 1.82) is 0 Å². The zero-order chi connectivity index (χ0) is 13.1. The Kier molecular flexibility index (Phi) is 3.90. The summed E-state index contributed by atoms with van der Waals surface area (Å²) in [6.07, 6.45) is 2.46. The van der Waals surface area contributed by atoms with Crippen molar-refractivity contribution in [2.45, 2.75) is 26.3 Å². The lowest BCUT2D eigenvalue weighted by molar-refractivity contribution is 0.550. The number of aryl methyl sites for hydroxylation is 2. The first kappa shape index (κ1) is 12.9. The summed E-state index contributed by atoms with van der Waals surface area (Å²) in [5, 5.41) is 3.07. The molecule has 2 aromatic heterocycles. The number of hydrazine groups is 1. The van der Waals surface area contributed by atoms with Crippen molar-refractivity contribution in [3.05, 3.63) is 39.5 Å². The van der Waals surface area contributed by atoms with Crippen molar-refractivity contribution < 1.29 is 0 Å². The van der Waals surface area contributed by atoms with Crippen molar-refractivity contribution in [3.8, 4) is 0 Å². The minimum absolute atomic E-state index is 0.0667. The molecule has 1 unspecified atom stereocenters. The van der Waals surface area contributed by atoms with Gasteiger partial charge in [0.15, 0.2) is 0 Å². The molecule has 5 nitrogen and oxygen atoms in total. The summed E-state index contributed by atoms with van der Waals surface area (Å²) in [6.45, 7) is 3.96. The minimum atomic E-state index is -0.0667. The van der Waals surface area contributed by atoms with Crippen LogP contribution in [0.5, 0.6) is 0 Å². The third-order valence-corrected chi connectivity index (χ3v) is 3.70. The predicted molar refractivity (Wildman–Crippen MR) is 74.0 cm³/mol. The van der Waals surface area contributed by atoms with Crippen LogP contribution in [0.1, 0.15) is 27.9 Å². The highest BCUT2D eigenvalue weighted by Gasteiger charge is 2.16. The van der Waals surface area contributed by atoms with Gasteiger partial charge in [-0.3, -0.25) is 11.3 Å². The molecule has 96 valence electrons. The van der Waals surface area contributed by atoms with Crippen LogP contribution in [-0.2, 0) is 6.42 Å². The number of thiazole rings is 1. The zero-order valence-corrected chi connectivity index (χ0v) is 11.3. The number of aromatic nitrogens is 2. The first-order valence-electron chi connectivity index (χ1n) is 5.69. The van der Waals surface area contributed by atoms with Gasteiger partial charge in [-0.15, -0.1) is 11.3 Å². The number of anilines is 1. The SMILES string of the molecule is Cc1cnc(N)c(C(Cc2nc(C)cs2)NN)c1. The maximum atomic E-state index is 5.90. The first-order chi connectivity index (χ1) is 8.60. The van der Waals surface area contributed by atoms with Crippen LogP contribution in [-0.4, -0.2) is 9.97 Å². The van der Waals surface area contributed by atoms with Crippen LogP contribution in [0.3, 0.4) is 0 Å². The first-order valence-corrected chi connectivity index (χ1v) is 6.57. The van der Waals surface area contributed by atoms with Crippen molar-refractivity contribution in [2.75, 3.05) is 5.73 Å². The normalized spacial score (nSPS) is 12.6. The lowest BCUT2D eigenvalue weighted by Gasteiger charge is -2.17. The number of nitrogens with two attached hydrogens (primary N) is 2. The predicted octanol–water partition coefficient (Wildman–Crippen LogP) is 1.48. The van der Waals surface area contributed by atoms with E-state index in [9.17, 15) is 0 Å². The van der Waals surface area contributed by atoms with Crippen LogP contribution in [0.4, 0.5) is 5.82 Å². The highest BCUT2D eigenvalue weighted by Crippen LogP contribution is 2.24. The summed E-state index contributed by atoms with van der Waals surface area (Å²) >= 11 is 1.63. The molecule has 0 saturated carbocycles. The number of hydrogen-bond acceptors (Lipinski definition) is 6. The lowest BCUT2D eigenvalue weighted by atomic mass is 10.0. The number of rotatable bonds is 4. The molecule has 0 saturated heterocycles. The number of hydrogen-bond donors (Lipinski definition) is 3. The fourth-order valence-corrected chi connectivity index (χ4v) is 2.63. The third kappa shape index (κ3) is 2.84. The van der Waals surface area contributed by atoms with E-state index in [1.54, 1.807) is 17.5 Å². The number of nitrogens with zero attached hydrogens (tertiary/aromatic N) is 2.